The fourth-order valence-corrected chi connectivity index (χ4v) is 1.78. The van der Waals surface area contributed by atoms with E-state index in [2.05, 4.69) is 35.7 Å². The fourth-order valence-electron chi connectivity index (χ4n) is 1.48. The Morgan fingerprint density at radius 2 is 2.10 bits per heavy atom. The molecule has 4 nitrogen and oxygen atoms in total. The van der Waals surface area contributed by atoms with Crippen LogP contribution in [0, 0.1) is 5.92 Å². The van der Waals surface area contributed by atoms with E-state index in [1.54, 1.807) is 6.26 Å². The van der Waals surface area contributed by atoms with Gasteiger partial charge in [-0.05, 0) is 24.3 Å². The van der Waals surface area contributed by atoms with Crippen molar-refractivity contribution in [2.24, 2.45) is 10.9 Å². The van der Waals surface area contributed by atoms with E-state index in [0.717, 1.165) is 43.5 Å². The van der Waals surface area contributed by atoms with Crippen molar-refractivity contribution in [1.29, 1.82) is 0 Å². The van der Waals surface area contributed by atoms with Crippen LogP contribution in [0.25, 0.3) is 0 Å². The quantitative estimate of drug-likeness (QED) is 0.299. The molecule has 0 saturated carbocycles. The summed E-state index contributed by atoms with van der Waals surface area (Å²) in [6.45, 7) is 6.95. The van der Waals surface area contributed by atoms with Crippen LogP contribution < -0.4 is 10.6 Å². The molecule has 20 heavy (non-hydrogen) atoms. The van der Waals surface area contributed by atoms with Gasteiger partial charge >= 0.3 is 0 Å². The van der Waals surface area contributed by atoms with Crippen LogP contribution in [-0.2, 0) is 6.42 Å². The first-order valence-electron chi connectivity index (χ1n) is 6.76. The summed E-state index contributed by atoms with van der Waals surface area (Å²) in [7, 11) is 0. The first-order chi connectivity index (χ1) is 9.22. The van der Waals surface area contributed by atoms with Gasteiger partial charge in [0.25, 0.3) is 0 Å². The van der Waals surface area contributed by atoms with Gasteiger partial charge < -0.3 is 15.1 Å². The van der Waals surface area contributed by atoms with Gasteiger partial charge in [0.05, 0.1) is 6.26 Å². The Balaban J connectivity index is 0.00000361. The van der Waals surface area contributed by atoms with Crippen LogP contribution in [0.1, 0.15) is 19.6 Å². The smallest absolute Gasteiger partial charge is 0.191 e. The maximum atomic E-state index is 5.31. The first kappa shape index (κ1) is 19.6. The molecule has 1 rings (SSSR count). The predicted octanol–water partition coefficient (Wildman–Crippen LogP) is 2.99. The molecule has 0 fully saturated rings. The van der Waals surface area contributed by atoms with Crippen LogP contribution >= 0.6 is 35.7 Å². The van der Waals surface area contributed by atoms with Gasteiger partial charge in [-0.1, -0.05) is 13.8 Å². The number of thioether (sulfide) groups is 1. The topological polar surface area (TPSA) is 49.6 Å². The van der Waals surface area contributed by atoms with Gasteiger partial charge in [-0.15, -0.1) is 24.0 Å². The minimum absolute atomic E-state index is 0. The van der Waals surface area contributed by atoms with E-state index in [4.69, 9.17) is 4.42 Å². The third-order valence-corrected chi connectivity index (χ3v) is 3.07. The molecule has 0 atom stereocenters. The Morgan fingerprint density at radius 3 is 2.70 bits per heavy atom. The lowest BCUT2D eigenvalue weighted by Crippen LogP contribution is -2.39. The molecule has 1 aromatic heterocycles. The lowest BCUT2D eigenvalue weighted by atomic mass is 10.2. The molecule has 0 radical (unpaired) electrons. The largest absolute Gasteiger partial charge is 0.469 e. The van der Waals surface area contributed by atoms with Gasteiger partial charge in [0, 0.05) is 31.8 Å². The maximum Gasteiger partial charge on any atom is 0.191 e. The second kappa shape index (κ2) is 12.4. The number of furan rings is 1. The summed E-state index contributed by atoms with van der Waals surface area (Å²) < 4.78 is 5.31. The monoisotopic (exact) mass is 411 g/mol. The Kier molecular flexibility index (Phi) is 12.1. The highest BCUT2D eigenvalue weighted by Crippen LogP contribution is 1.99. The molecule has 0 aromatic carbocycles. The van der Waals surface area contributed by atoms with Crippen molar-refractivity contribution < 1.29 is 4.42 Å². The summed E-state index contributed by atoms with van der Waals surface area (Å²) in [5.41, 5.74) is 0. The summed E-state index contributed by atoms with van der Waals surface area (Å²) in [6, 6.07) is 3.91. The predicted molar refractivity (Wildman–Crippen MR) is 99.4 cm³/mol. The number of guanidine groups is 1. The normalized spacial score (nSPS) is 11.3. The minimum atomic E-state index is 0. The van der Waals surface area contributed by atoms with E-state index in [-0.39, 0.29) is 24.0 Å². The Hall–Kier alpha value is -0.370. The van der Waals surface area contributed by atoms with Crippen LogP contribution in [0.4, 0.5) is 0 Å². The molecule has 116 valence electrons. The Labute approximate surface area is 143 Å². The molecule has 0 unspecified atom stereocenters. The summed E-state index contributed by atoms with van der Waals surface area (Å²) in [4.78, 5) is 4.57. The number of aliphatic imine (C=N–C) groups is 1. The van der Waals surface area contributed by atoms with Crippen molar-refractivity contribution in [3.05, 3.63) is 24.2 Å². The van der Waals surface area contributed by atoms with Crippen molar-refractivity contribution in [2.45, 2.75) is 20.3 Å². The molecule has 1 aromatic rings. The Morgan fingerprint density at radius 1 is 1.35 bits per heavy atom. The molecular formula is C14H26IN3OS. The molecule has 0 spiro atoms. The highest BCUT2D eigenvalue weighted by Gasteiger charge is 2.00. The van der Waals surface area contributed by atoms with Crippen molar-refractivity contribution in [2.75, 3.05) is 31.6 Å². The van der Waals surface area contributed by atoms with E-state index < -0.39 is 0 Å². The van der Waals surface area contributed by atoms with E-state index in [1.807, 2.05) is 23.9 Å². The number of nitrogens with one attached hydrogen (secondary N) is 2. The third kappa shape index (κ3) is 9.52. The number of rotatable bonds is 8. The third-order valence-electron chi connectivity index (χ3n) is 2.46. The summed E-state index contributed by atoms with van der Waals surface area (Å²) in [5.74, 6) is 3.55. The number of nitrogens with zero attached hydrogens (tertiary/aromatic N) is 1. The highest BCUT2D eigenvalue weighted by molar-refractivity contribution is 14.0. The zero-order valence-corrected chi connectivity index (χ0v) is 15.7. The zero-order chi connectivity index (χ0) is 13.9. The summed E-state index contributed by atoms with van der Waals surface area (Å²) >= 11 is 1.83. The summed E-state index contributed by atoms with van der Waals surface area (Å²) in [6.07, 6.45) is 4.69. The summed E-state index contributed by atoms with van der Waals surface area (Å²) in [5, 5.41) is 6.69. The number of halogens is 1. The highest BCUT2D eigenvalue weighted by atomic mass is 127. The number of hydrogen-bond acceptors (Lipinski definition) is 3. The van der Waals surface area contributed by atoms with E-state index in [9.17, 15) is 0 Å². The lowest BCUT2D eigenvalue weighted by molar-refractivity contribution is 0.506. The fraction of sp³-hybridized carbons (Fsp3) is 0.643. The van der Waals surface area contributed by atoms with Gasteiger partial charge in [0.15, 0.2) is 5.96 Å². The van der Waals surface area contributed by atoms with Gasteiger partial charge in [0.1, 0.15) is 5.76 Å². The minimum Gasteiger partial charge on any atom is -0.469 e. The van der Waals surface area contributed by atoms with Crippen LogP contribution in [0.5, 0.6) is 0 Å². The first-order valence-corrected chi connectivity index (χ1v) is 8.15. The van der Waals surface area contributed by atoms with Gasteiger partial charge in [-0.25, -0.2) is 0 Å². The zero-order valence-electron chi connectivity index (χ0n) is 12.5. The molecule has 1 heterocycles. The van der Waals surface area contributed by atoms with Gasteiger partial charge in [0.2, 0.25) is 0 Å². The second-order valence-electron chi connectivity index (χ2n) is 4.76. The van der Waals surface area contributed by atoms with E-state index >= 15 is 0 Å². The van der Waals surface area contributed by atoms with Crippen molar-refractivity contribution in [1.82, 2.24) is 10.6 Å². The average Bonchev–Trinajstić information content (AvgIpc) is 2.88. The maximum absolute atomic E-state index is 5.31. The molecule has 0 aliphatic heterocycles. The standard InChI is InChI=1S/C14H25N3OS.HI/c1-12(2)11-17-14(16-8-10-19-3)15-7-6-13-5-4-9-18-13;/h4-5,9,12H,6-8,10-11H2,1-3H3,(H2,15,16,17);1H. The number of hydrogen-bond donors (Lipinski definition) is 2. The van der Waals surface area contributed by atoms with Crippen LogP contribution in [0.2, 0.25) is 0 Å². The van der Waals surface area contributed by atoms with E-state index in [0.29, 0.717) is 5.92 Å². The molecule has 0 amide bonds. The van der Waals surface area contributed by atoms with Crippen LogP contribution in [0.3, 0.4) is 0 Å². The second-order valence-corrected chi connectivity index (χ2v) is 5.74. The average molecular weight is 411 g/mol. The lowest BCUT2D eigenvalue weighted by Gasteiger charge is -2.12. The molecular weight excluding hydrogens is 385 g/mol. The SMILES string of the molecule is CSCCNC(=NCC(C)C)NCCc1ccco1.I. The molecule has 6 heteroatoms. The van der Waals surface area contributed by atoms with E-state index in [1.165, 1.54) is 0 Å². The van der Waals surface area contributed by atoms with Crippen molar-refractivity contribution >= 4 is 41.7 Å². The van der Waals surface area contributed by atoms with Crippen LogP contribution in [-0.4, -0.2) is 37.6 Å². The molecule has 2 N–H and O–H groups in total. The molecule has 0 aliphatic rings. The van der Waals surface area contributed by atoms with Gasteiger partial charge in [-0.3, -0.25) is 4.99 Å². The Bertz CT molecular complexity index is 355. The molecule has 0 saturated heterocycles. The molecule has 0 aliphatic carbocycles. The van der Waals surface area contributed by atoms with Gasteiger partial charge in [-0.2, -0.15) is 11.8 Å². The van der Waals surface area contributed by atoms with Crippen molar-refractivity contribution in [3.8, 4) is 0 Å². The molecule has 0 bridgehead atoms. The van der Waals surface area contributed by atoms with Crippen LogP contribution in [0.15, 0.2) is 27.8 Å². The van der Waals surface area contributed by atoms with Crippen molar-refractivity contribution in [3.63, 3.8) is 0 Å².